The number of phenolic OH excluding ortho intramolecular Hbond substituents is 1. The van der Waals surface area contributed by atoms with Gasteiger partial charge in [-0.15, -0.1) is 0 Å². The molecule has 2 fully saturated rings. The third-order valence-corrected chi connectivity index (χ3v) is 3.99. The lowest BCUT2D eigenvalue weighted by Gasteiger charge is -2.24. The van der Waals surface area contributed by atoms with Crippen molar-refractivity contribution in [2.45, 2.75) is 31.3 Å². The molecule has 0 aliphatic carbocycles. The lowest BCUT2D eigenvalue weighted by Crippen LogP contribution is -2.39. The number of benzene rings is 1. The molecule has 0 saturated carbocycles. The van der Waals surface area contributed by atoms with E-state index in [1.165, 1.54) is 18.6 Å². The molecule has 1 aromatic rings. The quantitative estimate of drug-likeness (QED) is 0.808. The Morgan fingerprint density at radius 2 is 2.11 bits per heavy atom. The molecule has 1 amide bonds. The van der Waals surface area contributed by atoms with Crippen molar-refractivity contribution >= 4 is 5.91 Å². The average molecular weight is 264 g/mol. The van der Waals surface area contributed by atoms with Gasteiger partial charge in [0.15, 0.2) is 0 Å². The van der Waals surface area contributed by atoms with Crippen LogP contribution in [0.5, 0.6) is 5.75 Å². The summed E-state index contributed by atoms with van der Waals surface area (Å²) in [5, 5.41) is 12.7. The monoisotopic (exact) mass is 264 g/mol. The van der Waals surface area contributed by atoms with Crippen molar-refractivity contribution in [3.63, 3.8) is 0 Å². The molecule has 2 N–H and O–H groups in total. The Bertz CT molecular complexity index is 506. The van der Waals surface area contributed by atoms with Gasteiger partial charge in [0.25, 0.3) is 5.91 Å². The number of amides is 1. The van der Waals surface area contributed by atoms with Gasteiger partial charge in [-0.05, 0) is 31.4 Å². The Morgan fingerprint density at radius 1 is 1.32 bits per heavy atom. The second-order valence-electron chi connectivity index (χ2n) is 5.34. The number of rotatable bonds is 1. The zero-order valence-corrected chi connectivity index (χ0v) is 10.6. The molecule has 2 aliphatic heterocycles. The van der Waals surface area contributed by atoms with Crippen molar-refractivity contribution in [1.82, 2.24) is 10.2 Å². The Kier molecular flexibility index (Phi) is 3.14. The van der Waals surface area contributed by atoms with Gasteiger partial charge in [-0.1, -0.05) is 0 Å². The first kappa shape index (κ1) is 12.4. The highest BCUT2D eigenvalue weighted by atomic mass is 19.1. The SMILES string of the molecule is O=C(c1ccc(O)cc1F)N1CCC2CCC(C1)N2. The zero-order valence-electron chi connectivity index (χ0n) is 10.6. The van der Waals surface area contributed by atoms with Crippen LogP contribution in [0, 0.1) is 5.82 Å². The second kappa shape index (κ2) is 4.81. The van der Waals surface area contributed by atoms with E-state index in [9.17, 15) is 14.3 Å². The molecule has 0 aromatic heterocycles. The van der Waals surface area contributed by atoms with Crippen molar-refractivity contribution in [3.8, 4) is 5.75 Å². The van der Waals surface area contributed by atoms with Crippen LogP contribution < -0.4 is 5.32 Å². The first-order chi connectivity index (χ1) is 9.13. The first-order valence-corrected chi connectivity index (χ1v) is 6.67. The highest BCUT2D eigenvalue weighted by molar-refractivity contribution is 5.94. The molecular formula is C14H17FN2O2. The Morgan fingerprint density at radius 3 is 2.89 bits per heavy atom. The maximum absolute atomic E-state index is 13.7. The van der Waals surface area contributed by atoms with E-state index < -0.39 is 5.82 Å². The van der Waals surface area contributed by atoms with Gasteiger partial charge in [0.2, 0.25) is 0 Å². The molecule has 5 heteroatoms. The molecule has 2 bridgehead atoms. The van der Waals surface area contributed by atoms with E-state index >= 15 is 0 Å². The van der Waals surface area contributed by atoms with E-state index in [0.29, 0.717) is 25.2 Å². The summed E-state index contributed by atoms with van der Waals surface area (Å²) in [4.78, 5) is 14.1. The third-order valence-electron chi connectivity index (χ3n) is 3.99. The number of fused-ring (bicyclic) bond motifs is 2. The Labute approximate surface area is 111 Å². The molecule has 2 aliphatic rings. The first-order valence-electron chi connectivity index (χ1n) is 6.67. The highest BCUT2D eigenvalue weighted by Crippen LogP contribution is 2.23. The molecule has 2 atom stereocenters. The normalized spacial score (nSPS) is 26.3. The summed E-state index contributed by atoms with van der Waals surface area (Å²) in [6, 6.07) is 4.50. The number of hydrogen-bond donors (Lipinski definition) is 2. The maximum atomic E-state index is 13.7. The molecule has 3 rings (SSSR count). The molecular weight excluding hydrogens is 247 g/mol. The summed E-state index contributed by atoms with van der Waals surface area (Å²) in [7, 11) is 0. The third kappa shape index (κ3) is 2.42. The van der Waals surface area contributed by atoms with Gasteiger partial charge in [-0.2, -0.15) is 0 Å². The van der Waals surface area contributed by atoms with Crippen LogP contribution in [0.3, 0.4) is 0 Å². The molecule has 2 unspecified atom stereocenters. The van der Waals surface area contributed by atoms with Crippen LogP contribution in [-0.2, 0) is 0 Å². The fourth-order valence-corrected chi connectivity index (χ4v) is 2.98. The average Bonchev–Trinajstić information content (AvgIpc) is 2.68. The predicted molar refractivity (Wildman–Crippen MR) is 68.5 cm³/mol. The van der Waals surface area contributed by atoms with Crippen molar-refractivity contribution in [2.24, 2.45) is 0 Å². The Balaban J connectivity index is 1.79. The van der Waals surface area contributed by atoms with Crippen LogP contribution in [0.2, 0.25) is 0 Å². The minimum absolute atomic E-state index is 0.0376. The number of carbonyl (C=O) groups is 1. The number of nitrogens with zero attached hydrogens (tertiary/aromatic N) is 1. The summed E-state index contributed by atoms with van der Waals surface area (Å²) in [6.45, 7) is 1.29. The standard InChI is InChI=1S/C14H17FN2O2/c15-13-7-11(18)3-4-12(13)14(19)17-6-5-9-1-2-10(8-17)16-9/h3-4,7,9-10,16,18H,1-2,5-6,8H2. The summed E-state index contributed by atoms with van der Waals surface area (Å²) >= 11 is 0. The van der Waals surface area contributed by atoms with Gasteiger partial charge in [0.05, 0.1) is 5.56 Å². The van der Waals surface area contributed by atoms with E-state index in [1.807, 2.05) is 0 Å². The van der Waals surface area contributed by atoms with E-state index in [2.05, 4.69) is 5.32 Å². The molecule has 102 valence electrons. The van der Waals surface area contributed by atoms with Crippen molar-refractivity contribution in [1.29, 1.82) is 0 Å². The molecule has 0 radical (unpaired) electrons. The summed E-state index contributed by atoms with van der Waals surface area (Å²) in [5.74, 6) is -1.11. The summed E-state index contributed by atoms with van der Waals surface area (Å²) in [6.07, 6.45) is 3.16. The number of hydrogen-bond acceptors (Lipinski definition) is 3. The van der Waals surface area contributed by atoms with Crippen LogP contribution in [0.25, 0.3) is 0 Å². The van der Waals surface area contributed by atoms with E-state index in [0.717, 1.165) is 18.9 Å². The summed E-state index contributed by atoms with van der Waals surface area (Å²) in [5.41, 5.74) is 0.0376. The van der Waals surface area contributed by atoms with Crippen molar-refractivity contribution in [2.75, 3.05) is 13.1 Å². The van der Waals surface area contributed by atoms with E-state index in [4.69, 9.17) is 0 Å². The summed E-state index contributed by atoms with van der Waals surface area (Å²) < 4.78 is 13.7. The van der Waals surface area contributed by atoms with Crippen LogP contribution >= 0.6 is 0 Å². The van der Waals surface area contributed by atoms with Crippen LogP contribution in [-0.4, -0.2) is 41.1 Å². The lowest BCUT2D eigenvalue weighted by molar-refractivity contribution is 0.0743. The molecule has 0 spiro atoms. The molecule has 4 nitrogen and oxygen atoms in total. The van der Waals surface area contributed by atoms with E-state index in [1.54, 1.807) is 4.90 Å². The van der Waals surface area contributed by atoms with Crippen molar-refractivity contribution in [3.05, 3.63) is 29.6 Å². The minimum atomic E-state index is -0.660. The van der Waals surface area contributed by atoms with Gasteiger partial charge in [-0.25, -0.2) is 4.39 Å². The fraction of sp³-hybridized carbons (Fsp3) is 0.500. The van der Waals surface area contributed by atoms with Gasteiger partial charge >= 0.3 is 0 Å². The predicted octanol–water partition coefficient (Wildman–Crippen LogP) is 1.50. The van der Waals surface area contributed by atoms with Crippen LogP contribution in [0.4, 0.5) is 4.39 Å². The maximum Gasteiger partial charge on any atom is 0.256 e. The molecule has 2 saturated heterocycles. The zero-order chi connectivity index (χ0) is 13.4. The van der Waals surface area contributed by atoms with Crippen LogP contribution in [0.15, 0.2) is 18.2 Å². The van der Waals surface area contributed by atoms with E-state index in [-0.39, 0.29) is 17.2 Å². The number of likely N-dealkylation sites (tertiary alicyclic amines) is 1. The smallest absolute Gasteiger partial charge is 0.256 e. The second-order valence-corrected chi connectivity index (χ2v) is 5.34. The fourth-order valence-electron chi connectivity index (χ4n) is 2.98. The topological polar surface area (TPSA) is 52.6 Å². The molecule has 19 heavy (non-hydrogen) atoms. The van der Waals surface area contributed by atoms with Gasteiger partial charge < -0.3 is 15.3 Å². The number of carbonyl (C=O) groups excluding carboxylic acids is 1. The Hall–Kier alpha value is -1.62. The van der Waals surface area contributed by atoms with Crippen LogP contribution in [0.1, 0.15) is 29.6 Å². The number of halogens is 1. The highest BCUT2D eigenvalue weighted by Gasteiger charge is 2.32. The number of aromatic hydroxyl groups is 1. The lowest BCUT2D eigenvalue weighted by atomic mass is 10.1. The van der Waals surface area contributed by atoms with Gasteiger partial charge in [0.1, 0.15) is 11.6 Å². The molecule has 1 aromatic carbocycles. The van der Waals surface area contributed by atoms with Gasteiger partial charge in [-0.3, -0.25) is 4.79 Å². The van der Waals surface area contributed by atoms with Gasteiger partial charge in [0, 0.05) is 31.2 Å². The van der Waals surface area contributed by atoms with Crippen molar-refractivity contribution < 1.29 is 14.3 Å². The number of nitrogens with one attached hydrogen (secondary N) is 1. The minimum Gasteiger partial charge on any atom is -0.508 e. The molecule has 2 heterocycles. The number of phenols is 1. The largest absolute Gasteiger partial charge is 0.508 e.